The zero-order valence-electron chi connectivity index (χ0n) is 23.2. The molecule has 2 amide bonds. The molecule has 0 bridgehead atoms. The highest BCUT2D eigenvalue weighted by Crippen LogP contribution is 2.26. The largest absolute Gasteiger partial charge is 0.350 e. The third-order valence-corrected chi connectivity index (χ3v) is 8.15. The van der Waals surface area contributed by atoms with Crippen LogP contribution in [0.25, 0.3) is 0 Å². The van der Waals surface area contributed by atoms with Gasteiger partial charge in [-0.05, 0) is 89.1 Å². The lowest BCUT2D eigenvalue weighted by Crippen LogP contribution is -2.54. The fourth-order valence-electron chi connectivity index (χ4n) is 3.99. The third kappa shape index (κ3) is 8.07. The van der Waals surface area contributed by atoms with E-state index in [1.807, 2.05) is 65.0 Å². The highest BCUT2D eigenvalue weighted by molar-refractivity contribution is 7.92. The van der Waals surface area contributed by atoms with Gasteiger partial charge in [-0.15, -0.1) is 0 Å². The molecule has 1 atom stereocenters. The van der Waals surface area contributed by atoms with E-state index in [1.165, 1.54) is 29.2 Å². The van der Waals surface area contributed by atoms with Gasteiger partial charge in [0.15, 0.2) is 0 Å². The number of hydrogen-bond donors (Lipinski definition) is 1. The van der Waals surface area contributed by atoms with E-state index in [9.17, 15) is 18.0 Å². The van der Waals surface area contributed by atoms with Crippen LogP contribution in [0.4, 0.5) is 5.69 Å². The first-order valence-corrected chi connectivity index (χ1v) is 14.5. The maximum Gasteiger partial charge on any atom is 0.264 e. The van der Waals surface area contributed by atoms with Crippen molar-refractivity contribution in [3.05, 3.63) is 94.5 Å². The summed E-state index contributed by atoms with van der Waals surface area (Å²) >= 11 is 5.99. The van der Waals surface area contributed by atoms with Crippen LogP contribution in [0.3, 0.4) is 0 Å². The topological polar surface area (TPSA) is 86.8 Å². The van der Waals surface area contributed by atoms with Crippen LogP contribution in [0.2, 0.25) is 5.02 Å². The Morgan fingerprint density at radius 2 is 1.54 bits per heavy atom. The molecule has 39 heavy (non-hydrogen) atoms. The van der Waals surface area contributed by atoms with Gasteiger partial charge in [-0.25, -0.2) is 8.42 Å². The van der Waals surface area contributed by atoms with Gasteiger partial charge in [0.25, 0.3) is 10.0 Å². The molecule has 0 spiro atoms. The lowest BCUT2D eigenvalue weighted by molar-refractivity contribution is -0.140. The number of carbonyl (C=O) groups excluding carboxylic acids is 2. The fraction of sp³-hybridized carbons (Fsp3) is 0.333. The number of aryl methyl sites for hydroxylation is 2. The summed E-state index contributed by atoms with van der Waals surface area (Å²) in [5.74, 6) is -0.836. The van der Waals surface area contributed by atoms with Gasteiger partial charge >= 0.3 is 0 Å². The minimum atomic E-state index is -4.14. The smallest absolute Gasteiger partial charge is 0.264 e. The van der Waals surface area contributed by atoms with E-state index in [2.05, 4.69) is 5.32 Å². The Labute approximate surface area is 236 Å². The molecule has 1 unspecified atom stereocenters. The number of carbonyl (C=O) groups is 2. The maximum atomic E-state index is 13.9. The van der Waals surface area contributed by atoms with Gasteiger partial charge in [0.1, 0.15) is 12.6 Å². The predicted octanol–water partition coefficient (Wildman–Crippen LogP) is 5.48. The molecule has 7 nitrogen and oxygen atoms in total. The van der Waals surface area contributed by atoms with Gasteiger partial charge in [-0.3, -0.25) is 13.9 Å². The van der Waals surface area contributed by atoms with Crippen LogP contribution in [-0.2, 0) is 26.2 Å². The Hall–Kier alpha value is -3.36. The molecule has 1 N–H and O–H groups in total. The lowest BCUT2D eigenvalue weighted by Gasteiger charge is -2.33. The second-order valence-corrected chi connectivity index (χ2v) is 13.0. The van der Waals surface area contributed by atoms with Crippen LogP contribution >= 0.6 is 11.6 Å². The van der Waals surface area contributed by atoms with Crippen molar-refractivity contribution in [3.8, 4) is 0 Å². The van der Waals surface area contributed by atoms with Gasteiger partial charge in [-0.2, -0.15) is 0 Å². The highest BCUT2D eigenvalue weighted by atomic mass is 35.5. The molecule has 0 saturated heterocycles. The molecular weight excluding hydrogens is 534 g/mol. The number of anilines is 1. The quantitative estimate of drug-likeness (QED) is 0.369. The number of halogens is 1. The Morgan fingerprint density at radius 3 is 2.10 bits per heavy atom. The normalized spacial score (nSPS) is 12.5. The van der Waals surface area contributed by atoms with Crippen LogP contribution in [-0.4, -0.2) is 43.3 Å². The maximum absolute atomic E-state index is 13.9. The van der Waals surface area contributed by atoms with Crippen molar-refractivity contribution in [2.24, 2.45) is 0 Å². The molecule has 0 radical (unpaired) electrons. The molecule has 0 aliphatic heterocycles. The monoisotopic (exact) mass is 569 g/mol. The van der Waals surface area contributed by atoms with Crippen molar-refractivity contribution in [1.82, 2.24) is 10.2 Å². The molecule has 208 valence electrons. The standard InChI is InChI=1S/C30H36ClN3O4S/c1-21-10-12-24(13-11-21)19-33(23(3)29(36)32-30(4,5)6)28(35)20-34(26-9-7-8-22(2)18-26)39(37,38)27-16-14-25(31)15-17-27/h7-18,23H,19-20H2,1-6H3,(H,32,36). The first-order chi connectivity index (χ1) is 18.2. The minimum Gasteiger partial charge on any atom is -0.350 e. The van der Waals surface area contributed by atoms with E-state index < -0.39 is 34.1 Å². The number of nitrogens with zero attached hydrogens (tertiary/aromatic N) is 2. The molecule has 3 aromatic carbocycles. The van der Waals surface area contributed by atoms with E-state index in [4.69, 9.17) is 11.6 Å². The number of benzene rings is 3. The van der Waals surface area contributed by atoms with Crippen molar-refractivity contribution in [2.75, 3.05) is 10.8 Å². The number of sulfonamides is 1. The van der Waals surface area contributed by atoms with Crippen LogP contribution < -0.4 is 9.62 Å². The van der Waals surface area contributed by atoms with E-state index in [0.717, 1.165) is 21.0 Å². The summed E-state index contributed by atoms with van der Waals surface area (Å²) in [5.41, 5.74) is 2.57. The summed E-state index contributed by atoms with van der Waals surface area (Å²) in [6.07, 6.45) is 0. The highest BCUT2D eigenvalue weighted by Gasteiger charge is 2.33. The zero-order valence-corrected chi connectivity index (χ0v) is 24.8. The predicted molar refractivity (Wildman–Crippen MR) is 156 cm³/mol. The van der Waals surface area contributed by atoms with E-state index >= 15 is 0 Å². The molecular formula is C30H36ClN3O4S. The number of hydrogen-bond acceptors (Lipinski definition) is 4. The van der Waals surface area contributed by atoms with E-state index in [-0.39, 0.29) is 17.3 Å². The Kier molecular flexibility index (Phi) is 9.46. The lowest BCUT2D eigenvalue weighted by atomic mass is 10.1. The van der Waals surface area contributed by atoms with Crippen LogP contribution in [0.15, 0.2) is 77.7 Å². The molecule has 0 aliphatic carbocycles. The summed E-state index contributed by atoms with van der Waals surface area (Å²) in [4.78, 5) is 28.5. The average molecular weight is 570 g/mol. The minimum absolute atomic E-state index is 0.00446. The van der Waals surface area contributed by atoms with E-state index in [1.54, 1.807) is 25.1 Å². The number of nitrogens with one attached hydrogen (secondary N) is 1. The Balaban J connectivity index is 2.03. The van der Waals surface area contributed by atoms with E-state index in [0.29, 0.717) is 10.7 Å². The average Bonchev–Trinajstić information content (AvgIpc) is 2.85. The first-order valence-electron chi connectivity index (χ1n) is 12.7. The van der Waals surface area contributed by atoms with Crippen LogP contribution in [0.1, 0.15) is 44.4 Å². The van der Waals surface area contributed by atoms with Crippen molar-refractivity contribution in [1.29, 1.82) is 0 Å². The third-order valence-electron chi connectivity index (χ3n) is 6.11. The summed E-state index contributed by atoms with van der Waals surface area (Å²) in [6, 6.07) is 19.6. The molecule has 0 heterocycles. The second kappa shape index (κ2) is 12.2. The fourth-order valence-corrected chi connectivity index (χ4v) is 5.52. The molecule has 9 heteroatoms. The van der Waals surface area contributed by atoms with Crippen molar-refractivity contribution >= 4 is 39.1 Å². The first kappa shape index (κ1) is 30.2. The molecule has 0 aliphatic rings. The Bertz CT molecular complexity index is 1420. The molecule has 3 aromatic rings. The van der Waals surface area contributed by atoms with Gasteiger partial charge < -0.3 is 10.2 Å². The van der Waals surface area contributed by atoms with Crippen molar-refractivity contribution in [2.45, 2.75) is 64.6 Å². The van der Waals surface area contributed by atoms with Crippen molar-refractivity contribution < 1.29 is 18.0 Å². The van der Waals surface area contributed by atoms with Crippen LogP contribution in [0.5, 0.6) is 0 Å². The second-order valence-electron chi connectivity index (χ2n) is 10.7. The summed E-state index contributed by atoms with van der Waals surface area (Å²) < 4.78 is 28.8. The Morgan fingerprint density at radius 1 is 0.923 bits per heavy atom. The molecule has 0 aromatic heterocycles. The zero-order chi connectivity index (χ0) is 29.0. The van der Waals surface area contributed by atoms with Gasteiger partial charge in [-0.1, -0.05) is 53.6 Å². The molecule has 0 fully saturated rings. The number of rotatable bonds is 9. The van der Waals surface area contributed by atoms with Gasteiger partial charge in [0.2, 0.25) is 11.8 Å². The summed E-state index contributed by atoms with van der Waals surface area (Å²) in [7, 11) is -4.14. The van der Waals surface area contributed by atoms with Gasteiger partial charge in [0.05, 0.1) is 10.6 Å². The number of amides is 2. The van der Waals surface area contributed by atoms with Crippen molar-refractivity contribution in [3.63, 3.8) is 0 Å². The summed E-state index contributed by atoms with van der Waals surface area (Å²) in [5, 5.41) is 3.32. The molecule has 0 saturated carbocycles. The van der Waals surface area contributed by atoms with Crippen LogP contribution in [0, 0.1) is 13.8 Å². The SMILES string of the molecule is Cc1ccc(CN(C(=O)CN(c2cccc(C)c2)S(=O)(=O)c2ccc(Cl)cc2)C(C)C(=O)NC(C)(C)C)cc1. The molecule has 3 rings (SSSR count). The summed E-state index contributed by atoms with van der Waals surface area (Å²) in [6.45, 7) is 10.7. The van der Waals surface area contributed by atoms with Gasteiger partial charge in [0, 0.05) is 17.1 Å².